The van der Waals surface area contributed by atoms with Gasteiger partial charge in [0.1, 0.15) is 0 Å². The van der Waals surface area contributed by atoms with Crippen LogP contribution in [-0.2, 0) is 27.4 Å². The van der Waals surface area contributed by atoms with Crippen LogP contribution in [0, 0.1) is 0 Å². The Morgan fingerprint density at radius 2 is 1.90 bits per heavy atom. The number of carbonyl (C=O) groups is 1. The van der Waals surface area contributed by atoms with Crippen molar-refractivity contribution in [1.82, 2.24) is 9.78 Å². The van der Waals surface area contributed by atoms with E-state index in [0.717, 1.165) is 35.1 Å². The molecule has 8 heteroatoms. The minimum atomic E-state index is -3.31. The highest BCUT2D eigenvalue weighted by Gasteiger charge is 2.29. The summed E-state index contributed by atoms with van der Waals surface area (Å²) in [6.07, 6.45) is 2.59. The maximum Gasteiger partial charge on any atom is 0.359 e. The topological polar surface area (TPSA) is 104 Å². The zero-order chi connectivity index (χ0) is 20.8. The summed E-state index contributed by atoms with van der Waals surface area (Å²) in [6, 6.07) is 12.2. The molecular weight excluding hydrogens is 390 g/mol. The van der Waals surface area contributed by atoms with Gasteiger partial charge < -0.3 is 10.5 Å². The summed E-state index contributed by atoms with van der Waals surface area (Å²) in [5.41, 5.74) is 11.2. The summed E-state index contributed by atoms with van der Waals surface area (Å²) in [4.78, 5) is 12.7. The Labute approximate surface area is 169 Å². The summed E-state index contributed by atoms with van der Waals surface area (Å²) in [5.74, 6) is -0.470. The molecule has 7 nitrogen and oxygen atoms in total. The molecule has 3 aromatic rings. The maximum absolute atomic E-state index is 12.5. The Kier molecular flexibility index (Phi) is 4.66. The summed E-state index contributed by atoms with van der Waals surface area (Å²) < 4.78 is 30.4. The number of sulfone groups is 1. The Morgan fingerprint density at radius 3 is 2.55 bits per heavy atom. The van der Waals surface area contributed by atoms with Crippen LogP contribution >= 0.6 is 0 Å². The second kappa shape index (κ2) is 7.04. The number of nitrogens with zero attached hydrogens (tertiary/aromatic N) is 2. The first kappa shape index (κ1) is 19.2. The summed E-state index contributed by atoms with van der Waals surface area (Å²) in [6.45, 7) is 2.01. The van der Waals surface area contributed by atoms with Gasteiger partial charge in [0, 0.05) is 23.1 Å². The average molecular weight is 411 g/mol. The molecule has 0 saturated carbocycles. The first-order chi connectivity index (χ1) is 13.8. The highest BCUT2D eigenvalue weighted by atomic mass is 32.2. The molecule has 2 aromatic carbocycles. The Hall–Kier alpha value is -3.13. The second-order valence-electron chi connectivity index (χ2n) is 6.99. The number of aromatic nitrogens is 2. The molecule has 150 valence electrons. The largest absolute Gasteiger partial charge is 0.461 e. The molecule has 1 heterocycles. The van der Waals surface area contributed by atoms with Crippen LogP contribution < -0.4 is 5.73 Å². The van der Waals surface area contributed by atoms with Crippen molar-refractivity contribution in [3.05, 3.63) is 59.3 Å². The molecule has 0 atom stereocenters. The number of benzene rings is 2. The van der Waals surface area contributed by atoms with Gasteiger partial charge in [-0.2, -0.15) is 5.10 Å². The molecule has 0 unspecified atom stereocenters. The van der Waals surface area contributed by atoms with E-state index >= 15 is 0 Å². The Morgan fingerprint density at radius 1 is 1.17 bits per heavy atom. The van der Waals surface area contributed by atoms with Crippen LogP contribution in [0.2, 0.25) is 0 Å². The molecule has 0 amide bonds. The maximum atomic E-state index is 12.5. The third-order valence-corrected chi connectivity index (χ3v) is 6.12. The van der Waals surface area contributed by atoms with Crippen molar-refractivity contribution in [3.8, 4) is 16.9 Å². The van der Waals surface area contributed by atoms with E-state index in [4.69, 9.17) is 10.5 Å². The van der Waals surface area contributed by atoms with Crippen molar-refractivity contribution >= 4 is 21.5 Å². The van der Waals surface area contributed by atoms with E-state index in [-0.39, 0.29) is 17.2 Å². The van der Waals surface area contributed by atoms with Crippen LogP contribution in [0.5, 0.6) is 0 Å². The van der Waals surface area contributed by atoms with Gasteiger partial charge in [-0.3, -0.25) is 0 Å². The zero-order valence-electron chi connectivity index (χ0n) is 16.2. The highest BCUT2D eigenvalue weighted by molar-refractivity contribution is 7.90. The third-order valence-electron chi connectivity index (χ3n) is 5.00. The normalized spacial score (nSPS) is 12.9. The van der Waals surface area contributed by atoms with Crippen LogP contribution in [0.25, 0.3) is 16.9 Å². The van der Waals surface area contributed by atoms with Gasteiger partial charge in [0.15, 0.2) is 15.5 Å². The average Bonchev–Trinajstić information content (AvgIpc) is 3.08. The number of hydrogen-bond acceptors (Lipinski definition) is 6. The van der Waals surface area contributed by atoms with Crippen molar-refractivity contribution in [2.75, 3.05) is 18.6 Å². The molecular formula is C21H21N3O4S. The lowest BCUT2D eigenvalue weighted by Gasteiger charge is -2.19. The fraction of sp³-hybridized carbons (Fsp3) is 0.238. The zero-order valence-corrected chi connectivity index (χ0v) is 17.0. The van der Waals surface area contributed by atoms with Crippen molar-refractivity contribution in [1.29, 1.82) is 0 Å². The lowest BCUT2D eigenvalue weighted by Crippen LogP contribution is -2.11. The molecule has 2 N–H and O–H groups in total. The molecule has 1 aromatic heterocycles. The van der Waals surface area contributed by atoms with E-state index in [2.05, 4.69) is 5.10 Å². The van der Waals surface area contributed by atoms with Crippen molar-refractivity contribution in [2.24, 2.45) is 0 Å². The number of aryl methyl sites for hydroxylation is 1. The van der Waals surface area contributed by atoms with E-state index in [1.54, 1.807) is 23.7 Å². The van der Waals surface area contributed by atoms with Crippen LogP contribution in [0.4, 0.5) is 5.69 Å². The summed E-state index contributed by atoms with van der Waals surface area (Å²) >= 11 is 0. The van der Waals surface area contributed by atoms with Crippen molar-refractivity contribution < 1.29 is 17.9 Å². The van der Waals surface area contributed by atoms with Crippen LogP contribution in [0.3, 0.4) is 0 Å². The molecule has 0 aliphatic heterocycles. The fourth-order valence-electron chi connectivity index (χ4n) is 3.64. The quantitative estimate of drug-likeness (QED) is 0.523. The number of carbonyl (C=O) groups excluding carboxylic acids is 1. The molecule has 0 spiro atoms. The van der Waals surface area contributed by atoms with Gasteiger partial charge >= 0.3 is 5.97 Å². The van der Waals surface area contributed by atoms with E-state index < -0.39 is 15.8 Å². The molecule has 4 rings (SSSR count). The van der Waals surface area contributed by atoms with Crippen molar-refractivity contribution in [2.45, 2.75) is 24.7 Å². The molecule has 0 bridgehead atoms. The van der Waals surface area contributed by atoms with Crippen LogP contribution in [0.1, 0.15) is 28.5 Å². The Balaban J connectivity index is 1.94. The highest BCUT2D eigenvalue weighted by Crippen LogP contribution is 2.38. The van der Waals surface area contributed by atoms with Gasteiger partial charge in [-0.05, 0) is 61.7 Å². The van der Waals surface area contributed by atoms with E-state index in [1.807, 2.05) is 18.2 Å². The first-order valence-electron chi connectivity index (χ1n) is 9.28. The number of esters is 1. The third kappa shape index (κ3) is 3.40. The second-order valence-corrected chi connectivity index (χ2v) is 9.01. The van der Waals surface area contributed by atoms with Crippen LogP contribution in [0.15, 0.2) is 47.4 Å². The number of ether oxygens (including phenoxy) is 1. The van der Waals surface area contributed by atoms with E-state index in [1.165, 1.54) is 12.1 Å². The first-order valence-corrected chi connectivity index (χ1v) is 11.2. The van der Waals surface area contributed by atoms with Gasteiger partial charge in [0.25, 0.3) is 0 Å². The molecule has 1 aliphatic rings. The van der Waals surface area contributed by atoms with Gasteiger partial charge in [-0.1, -0.05) is 6.07 Å². The summed E-state index contributed by atoms with van der Waals surface area (Å²) in [7, 11) is -3.31. The predicted octanol–water partition coefficient (Wildman–Crippen LogP) is 2.80. The SMILES string of the molecule is CCOC(=O)c1nn(-c2ccc(S(C)(=O)=O)cc2)c2c1CCc1ccc(N)cc1-2. The fourth-order valence-corrected chi connectivity index (χ4v) is 4.27. The monoisotopic (exact) mass is 411 g/mol. The lowest BCUT2D eigenvalue weighted by atomic mass is 9.88. The van der Waals surface area contributed by atoms with Crippen LogP contribution in [-0.4, -0.2) is 37.0 Å². The lowest BCUT2D eigenvalue weighted by molar-refractivity contribution is 0.0517. The molecule has 29 heavy (non-hydrogen) atoms. The Bertz CT molecular complexity index is 1210. The number of rotatable bonds is 4. The van der Waals surface area contributed by atoms with E-state index in [0.29, 0.717) is 17.8 Å². The molecule has 1 aliphatic carbocycles. The van der Waals surface area contributed by atoms with Gasteiger partial charge in [-0.15, -0.1) is 0 Å². The summed E-state index contributed by atoms with van der Waals surface area (Å²) in [5, 5.41) is 4.55. The van der Waals surface area contributed by atoms with Gasteiger partial charge in [-0.25, -0.2) is 17.9 Å². The minimum Gasteiger partial charge on any atom is -0.461 e. The number of nitrogens with two attached hydrogens (primary N) is 1. The van der Waals surface area contributed by atoms with Gasteiger partial charge in [0.05, 0.1) is 22.9 Å². The van der Waals surface area contributed by atoms with Gasteiger partial charge in [0.2, 0.25) is 0 Å². The number of hydrogen-bond donors (Lipinski definition) is 1. The van der Waals surface area contributed by atoms with E-state index in [9.17, 15) is 13.2 Å². The number of fused-ring (bicyclic) bond motifs is 3. The number of nitrogen functional groups attached to an aromatic ring is 1. The molecule has 0 saturated heterocycles. The number of anilines is 1. The minimum absolute atomic E-state index is 0.220. The predicted molar refractivity (Wildman–Crippen MR) is 110 cm³/mol. The molecule has 0 radical (unpaired) electrons. The van der Waals surface area contributed by atoms with Crippen molar-refractivity contribution in [3.63, 3.8) is 0 Å². The molecule has 0 fully saturated rings. The standard InChI is InChI=1S/C21H21N3O4S/c1-3-28-21(25)19-17-11-5-13-4-6-14(22)12-18(13)20(17)24(23-19)15-7-9-16(10-8-15)29(2,26)27/h4,6-10,12H,3,5,11,22H2,1-2H3. The smallest absolute Gasteiger partial charge is 0.359 e.